The Morgan fingerprint density at radius 2 is 2.00 bits per heavy atom. The minimum absolute atomic E-state index is 0.0526. The van der Waals surface area contributed by atoms with E-state index in [1.54, 1.807) is 18.3 Å². The number of aromatic nitrogens is 1. The molecule has 2 nitrogen and oxygen atoms in total. The largest absolute Gasteiger partial charge is 0.327 e. The highest BCUT2D eigenvalue weighted by atomic mass is 79.9. The lowest BCUT2D eigenvalue weighted by molar-refractivity contribution is 0.533. The maximum absolute atomic E-state index is 14.1. The summed E-state index contributed by atoms with van der Waals surface area (Å²) in [5, 5.41) is 0.522. The molecule has 1 aromatic heterocycles. The molecule has 112 valence electrons. The Hall–Kier alpha value is -0.980. The summed E-state index contributed by atoms with van der Waals surface area (Å²) in [5.41, 5.74) is 6.39. The van der Waals surface area contributed by atoms with Gasteiger partial charge in [0.05, 0.1) is 9.37 Å². The van der Waals surface area contributed by atoms with Gasteiger partial charge >= 0.3 is 0 Å². The molecule has 0 saturated heterocycles. The third-order valence-electron chi connectivity index (χ3n) is 3.00. The van der Waals surface area contributed by atoms with E-state index in [1.165, 1.54) is 12.1 Å². The smallest absolute Gasteiger partial charge is 0.140 e. The van der Waals surface area contributed by atoms with Gasteiger partial charge in [0.1, 0.15) is 16.7 Å². The molecule has 1 unspecified atom stereocenters. The molecule has 2 N–H and O–H groups in total. The molecule has 2 aromatic rings. The van der Waals surface area contributed by atoms with E-state index in [1.807, 2.05) is 6.92 Å². The number of nitrogens with two attached hydrogens (primary N) is 1. The topological polar surface area (TPSA) is 38.9 Å². The van der Waals surface area contributed by atoms with Crippen LogP contribution in [0.25, 0.3) is 0 Å². The Morgan fingerprint density at radius 3 is 2.57 bits per heavy atom. The fourth-order valence-electron chi connectivity index (χ4n) is 1.82. The molecule has 0 amide bonds. The predicted molar refractivity (Wildman–Crippen MR) is 84.4 cm³/mol. The van der Waals surface area contributed by atoms with Gasteiger partial charge < -0.3 is 5.73 Å². The Bertz CT molecular complexity index is 614. The molecule has 21 heavy (non-hydrogen) atoms. The summed E-state index contributed by atoms with van der Waals surface area (Å²) >= 11 is 4.28. The molecule has 0 fully saturated rings. The van der Waals surface area contributed by atoms with Gasteiger partial charge in [-0.15, -0.1) is 0 Å². The summed E-state index contributed by atoms with van der Waals surface area (Å²) in [5.74, 6) is -1.17. The van der Waals surface area contributed by atoms with E-state index in [0.29, 0.717) is 21.5 Å². The molecule has 2 rings (SSSR count). The number of hydrogen-bond acceptors (Lipinski definition) is 3. The van der Waals surface area contributed by atoms with Crippen molar-refractivity contribution in [2.45, 2.75) is 35.7 Å². The number of halogens is 3. The van der Waals surface area contributed by atoms with Crippen LogP contribution in [0.15, 0.2) is 44.9 Å². The van der Waals surface area contributed by atoms with Gasteiger partial charge in [0.2, 0.25) is 0 Å². The first-order chi connectivity index (χ1) is 10.0. The van der Waals surface area contributed by atoms with Crippen LogP contribution in [0.2, 0.25) is 0 Å². The van der Waals surface area contributed by atoms with Crippen LogP contribution in [0.5, 0.6) is 0 Å². The molecular weight excluding hydrogens is 358 g/mol. The lowest BCUT2D eigenvalue weighted by atomic mass is 10.0. The zero-order valence-corrected chi connectivity index (χ0v) is 13.8. The van der Waals surface area contributed by atoms with Crippen LogP contribution in [-0.2, 0) is 6.42 Å². The van der Waals surface area contributed by atoms with Gasteiger partial charge in [0.25, 0.3) is 0 Å². The molecule has 6 heteroatoms. The summed E-state index contributed by atoms with van der Waals surface area (Å²) < 4.78 is 29.0. The van der Waals surface area contributed by atoms with Crippen molar-refractivity contribution in [2.24, 2.45) is 5.73 Å². The SMILES string of the molecule is CCC(N)Cc1cc(F)c(Sc2ncccc2Br)c(F)c1. The molecule has 0 aliphatic heterocycles. The first kappa shape index (κ1) is 16.4. The zero-order chi connectivity index (χ0) is 15.4. The molecule has 1 aromatic carbocycles. The first-order valence-corrected chi connectivity index (χ1v) is 8.14. The van der Waals surface area contributed by atoms with Crippen molar-refractivity contribution in [3.8, 4) is 0 Å². The van der Waals surface area contributed by atoms with Gasteiger partial charge in [-0.05, 0) is 58.6 Å². The lowest BCUT2D eigenvalue weighted by Gasteiger charge is -2.11. The molecule has 1 heterocycles. The number of benzene rings is 1. The van der Waals surface area contributed by atoms with Gasteiger partial charge in [-0.2, -0.15) is 0 Å². The third kappa shape index (κ3) is 4.25. The molecular formula is C15H15BrF2N2S. The number of nitrogens with zero attached hydrogens (tertiary/aromatic N) is 1. The molecule has 1 atom stereocenters. The van der Waals surface area contributed by atoms with Gasteiger partial charge in [-0.25, -0.2) is 13.8 Å². The van der Waals surface area contributed by atoms with E-state index < -0.39 is 11.6 Å². The fraction of sp³-hybridized carbons (Fsp3) is 0.267. The van der Waals surface area contributed by atoms with Crippen molar-refractivity contribution in [3.05, 3.63) is 52.1 Å². The second-order valence-electron chi connectivity index (χ2n) is 4.65. The van der Waals surface area contributed by atoms with Crippen molar-refractivity contribution >= 4 is 27.7 Å². The number of rotatable bonds is 5. The van der Waals surface area contributed by atoms with Gasteiger partial charge in [0.15, 0.2) is 0 Å². The van der Waals surface area contributed by atoms with Crippen LogP contribution in [0.3, 0.4) is 0 Å². The Labute approximate surface area is 135 Å². The van der Waals surface area contributed by atoms with Crippen LogP contribution < -0.4 is 5.73 Å². The monoisotopic (exact) mass is 372 g/mol. The molecule has 0 bridgehead atoms. The van der Waals surface area contributed by atoms with Crippen molar-refractivity contribution in [1.82, 2.24) is 4.98 Å². The molecule has 0 saturated carbocycles. The quantitative estimate of drug-likeness (QED) is 0.836. The van der Waals surface area contributed by atoms with Crippen LogP contribution in [0.1, 0.15) is 18.9 Å². The Kier molecular flexibility index (Phi) is 5.72. The first-order valence-electron chi connectivity index (χ1n) is 6.53. The van der Waals surface area contributed by atoms with E-state index >= 15 is 0 Å². The zero-order valence-electron chi connectivity index (χ0n) is 11.4. The van der Waals surface area contributed by atoms with Gasteiger partial charge in [-0.3, -0.25) is 0 Å². The van der Waals surface area contributed by atoms with Gasteiger partial charge in [0, 0.05) is 12.2 Å². The Morgan fingerprint density at radius 1 is 1.33 bits per heavy atom. The predicted octanol–water partition coefficient (Wildman–Crippen LogP) is 4.55. The average molecular weight is 373 g/mol. The van der Waals surface area contributed by atoms with E-state index in [0.717, 1.165) is 18.2 Å². The molecule has 0 aliphatic rings. The number of pyridine rings is 1. The summed E-state index contributed by atoms with van der Waals surface area (Å²) in [6, 6.07) is 6.12. The molecule has 0 radical (unpaired) electrons. The summed E-state index contributed by atoms with van der Waals surface area (Å²) in [6.45, 7) is 1.94. The highest BCUT2D eigenvalue weighted by Crippen LogP contribution is 2.35. The average Bonchev–Trinajstić information content (AvgIpc) is 2.44. The third-order valence-corrected chi connectivity index (χ3v) is 5.02. The van der Waals surface area contributed by atoms with E-state index in [2.05, 4.69) is 20.9 Å². The lowest BCUT2D eigenvalue weighted by Crippen LogP contribution is -2.21. The molecule has 0 aliphatic carbocycles. The Balaban J connectivity index is 2.27. The van der Waals surface area contributed by atoms with E-state index in [9.17, 15) is 8.78 Å². The normalized spacial score (nSPS) is 12.4. The number of hydrogen-bond donors (Lipinski definition) is 1. The van der Waals surface area contributed by atoms with Crippen molar-refractivity contribution in [3.63, 3.8) is 0 Å². The van der Waals surface area contributed by atoms with Crippen molar-refractivity contribution < 1.29 is 8.78 Å². The standard InChI is InChI=1S/C15H15BrF2N2S/c1-2-10(19)6-9-7-12(17)14(13(18)8-9)21-15-11(16)4-3-5-20-15/h3-5,7-8,10H,2,6,19H2,1H3. The van der Waals surface area contributed by atoms with Gasteiger partial charge in [-0.1, -0.05) is 18.7 Å². The van der Waals surface area contributed by atoms with E-state index in [4.69, 9.17) is 5.73 Å². The van der Waals surface area contributed by atoms with Crippen LogP contribution in [0.4, 0.5) is 8.78 Å². The maximum atomic E-state index is 14.1. The fourth-order valence-corrected chi connectivity index (χ4v) is 3.10. The van der Waals surface area contributed by atoms with Crippen LogP contribution in [0, 0.1) is 11.6 Å². The molecule has 0 spiro atoms. The summed E-state index contributed by atoms with van der Waals surface area (Å²) in [7, 11) is 0. The summed E-state index contributed by atoms with van der Waals surface area (Å²) in [4.78, 5) is 4.05. The maximum Gasteiger partial charge on any atom is 0.140 e. The van der Waals surface area contributed by atoms with Crippen molar-refractivity contribution in [2.75, 3.05) is 0 Å². The highest BCUT2D eigenvalue weighted by molar-refractivity contribution is 9.10. The van der Waals surface area contributed by atoms with Crippen LogP contribution >= 0.6 is 27.7 Å². The van der Waals surface area contributed by atoms with E-state index in [-0.39, 0.29) is 10.9 Å². The second kappa shape index (κ2) is 7.33. The van der Waals surface area contributed by atoms with Crippen LogP contribution in [-0.4, -0.2) is 11.0 Å². The minimum atomic E-state index is -0.587. The van der Waals surface area contributed by atoms with Crippen molar-refractivity contribution in [1.29, 1.82) is 0 Å². The second-order valence-corrected chi connectivity index (χ2v) is 6.51. The summed E-state index contributed by atoms with van der Waals surface area (Å²) in [6.07, 6.45) is 2.81. The minimum Gasteiger partial charge on any atom is -0.327 e. The highest BCUT2D eigenvalue weighted by Gasteiger charge is 2.15.